The highest BCUT2D eigenvalue weighted by Gasteiger charge is 2.44. The zero-order valence-electron chi connectivity index (χ0n) is 56.0. The fourth-order valence-corrected chi connectivity index (χ4v) is 17.7. The van der Waals surface area contributed by atoms with Gasteiger partial charge in [-0.1, -0.05) is 176 Å². The first kappa shape index (κ1) is 66.1. The second-order valence-corrected chi connectivity index (χ2v) is 28.7. The molecule has 13 nitrogen and oxygen atoms in total. The smallest absolute Gasteiger partial charge is 0.301 e. The Morgan fingerprint density at radius 3 is 1.79 bits per heavy atom. The molecule has 3 fully saturated rings. The number of nitriles is 1. The number of carbonyl (C=O) groups is 2. The van der Waals surface area contributed by atoms with E-state index in [9.17, 15) is 19.6 Å². The summed E-state index contributed by atoms with van der Waals surface area (Å²) in [6.45, 7) is 7.64. The van der Waals surface area contributed by atoms with Crippen LogP contribution >= 0.6 is 35.3 Å². The van der Waals surface area contributed by atoms with E-state index in [0.29, 0.717) is 67.8 Å². The molecule has 3 aromatic heterocycles. The van der Waals surface area contributed by atoms with Gasteiger partial charge in [-0.15, -0.1) is 16.8 Å². The fraction of sp³-hybridized carbons (Fsp3) is 0.188. The van der Waals surface area contributed by atoms with Crippen LogP contribution in [-0.2, 0) is 27.5 Å². The molecule has 1 saturated heterocycles. The second-order valence-electron chi connectivity index (χ2n) is 26.1. The maximum absolute atomic E-state index is 14.6. The average Bonchev–Trinajstić information content (AvgIpc) is 1.60. The summed E-state index contributed by atoms with van der Waals surface area (Å²) in [7, 11) is 0. The van der Waals surface area contributed by atoms with E-state index in [2.05, 4.69) is 203 Å². The summed E-state index contributed by atoms with van der Waals surface area (Å²) in [6.07, 6.45) is 24.7. The summed E-state index contributed by atoms with van der Waals surface area (Å²) in [6, 6.07) is 72.9. The maximum atomic E-state index is 14.6. The van der Waals surface area contributed by atoms with E-state index in [-0.39, 0.29) is 30.2 Å². The molecular formula is C85H75N9O4S3+2. The first-order valence-corrected chi connectivity index (χ1v) is 36.7. The molecule has 16 heteroatoms. The van der Waals surface area contributed by atoms with Crippen molar-refractivity contribution < 1.29 is 23.6 Å². The number of nitrogens with one attached hydrogen (secondary N) is 2. The number of benzene rings is 7. The number of thiocarbonyl (C=S) groups is 1. The van der Waals surface area contributed by atoms with Crippen LogP contribution in [0.1, 0.15) is 107 Å². The van der Waals surface area contributed by atoms with Gasteiger partial charge < -0.3 is 15.1 Å². The number of nitrogens with zero attached hydrogens (tertiary/aromatic N) is 7. The van der Waals surface area contributed by atoms with Crippen LogP contribution in [0.4, 0.5) is 22.7 Å². The van der Waals surface area contributed by atoms with Crippen LogP contribution in [0.15, 0.2) is 242 Å². The van der Waals surface area contributed by atoms with Crippen LogP contribution < -0.4 is 44.5 Å². The molecule has 6 heterocycles. The molecule has 101 heavy (non-hydrogen) atoms. The molecule has 10 aromatic rings. The number of amides is 2. The normalized spacial score (nSPS) is 18.2. The SMILES string of the molecule is C=C(NOCCn1c(=O)/c(=C\c2ccc3c(c2)C2CCCC2N3c2ccc(C=C(c3ccccc3)c3ccccc3)cc2)s/c1=C1/SC(=S)N(CC)C1=O)[n+]1ccc(-c2cc[n+](CCNC(=O)C(C#N)=Cc3ccc4c(c3)C3CCCC3N4c3ccc(/C=C/c4ccccc4)cc3)cc2)cc1. The van der Waals surface area contributed by atoms with Crippen molar-refractivity contribution in [3.63, 3.8) is 0 Å². The molecule has 15 rings (SSSR count). The van der Waals surface area contributed by atoms with Crippen LogP contribution in [0.5, 0.6) is 0 Å². The van der Waals surface area contributed by atoms with Crippen molar-refractivity contribution in [2.45, 2.75) is 82.5 Å². The predicted molar refractivity (Wildman–Crippen MR) is 412 cm³/mol. The lowest BCUT2D eigenvalue weighted by molar-refractivity contribution is -0.694. The third kappa shape index (κ3) is 13.9. The lowest BCUT2D eigenvalue weighted by Gasteiger charge is -2.27. The van der Waals surface area contributed by atoms with Crippen molar-refractivity contribution in [2.24, 2.45) is 0 Å². The largest absolute Gasteiger partial charge is 0.345 e. The van der Waals surface area contributed by atoms with E-state index in [1.807, 2.05) is 90.9 Å². The Hall–Kier alpha value is -10.8. The number of hydroxylamine groups is 1. The lowest BCUT2D eigenvalue weighted by atomic mass is 9.95. The Bertz CT molecular complexity index is 5100. The van der Waals surface area contributed by atoms with E-state index in [1.165, 1.54) is 79.2 Å². The van der Waals surface area contributed by atoms with Gasteiger partial charge in [0.05, 0.1) is 30.0 Å². The Kier molecular flexibility index (Phi) is 19.3. The summed E-state index contributed by atoms with van der Waals surface area (Å²) < 4.78 is 6.97. The molecular weight excluding hydrogens is 1310 g/mol. The molecule has 3 aliphatic heterocycles. The molecule has 2 saturated carbocycles. The highest BCUT2D eigenvalue weighted by molar-refractivity contribution is 8.30. The monoisotopic (exact) mass is 1380 g/mol. The number of thioether (sulfide) groups is 1. The van der Waals surface area contributed by atoms with E-state index < -0.39 is 5.91 Å². The number of carbonyl (C=O) groups excluding carboxylic acids is 2. The van der Waals surface area contributed by atoms with Crippen LogP contribution in [0, 0.1) is 11.3 Å². The highest BCUT2D eigenvalue weighted by Crippen LogP contribution is 2.54. The minimum atomic E-state index is -0.406. The van der Waals surface area contributed by atoms with Crippen LogP contribution in [-0.4, -0.2) is 57.4 Å². The molecule has 7 aromatic carbocycles. The van der Waals surface area contributed by atoms with Gasteiger partial charge in [-0.25, -0.2) is 9.13 Å². The molecule has 0 bridgehead atoms. The molecule has 2 aliphatic carbocycles. The summed E-state index contributed by atoms with van der Waals surface area (Å²) >= 11 is 8.19. The van der Waals surface area contributed by atoms with Gasteiger partial charge in [0.25, 0.3) is 17.4 Å². The van der Waals surface area contributed by atoms with Crippen molar-refractivity contribution in [3.05, 3.63) is 307 Å². The molecule has 5 aliphatic rings. The van der Waals surface area contributed by atoms with Gasteiger partial charge in [0.1, 0.15) is 32.1 Å². The maximum Gasteiger partial charge on any atom is 0.301 e. The van der Waals surface area contributed by atoms with Crippen molar-refractivity contribution >= 4 is 121 Å². The molecule has 4 unspecified atom stereocenters. The van der Waals surface area contributed by atoms with Crippen LogP contribution in [0.3, 0.4) is 0 Å². The zero-order valence-corrected chi connectivity index (χ0v) is 58.5. The van der Waals surface area contributed by atoms with Crippen molar-refractivity contribution in [3.8, 4) is 17.2 Å². The lowest BCUT2D eigenvalue weighted by Crippen LogP contribution is -2.40. The van der Waals surface area contributed by atoms with Crippen molar-refractivity contribution in [1.82, 2.24) is 20.3 Å². The van der Waals surface area contributed by atoms with E-state index in [0.717, 1.165) is 71.9 Å². The third-order valence-electron chi connectivity index (χ3n) is 20.0. The van der Waals surface area contributed by atoms with E-state index >= 15 is 0 Å². The molecule has 2 N–H and O–H groups in total. The number of thiazole rings is 1. The number of hydrogen-bond donors (Lipinski definition) is 2. The Morgan fingerprint density at radius 2 is 1.21 bits per heavy atom. The van der Waals surface area contributed by atoms with Crippen molar-refractivity contribution in [2.75, 3.05) is 29.5 Å². The van der Waals surface area contributed by atoms with Crippen LogP contribution in [0.25, 0.3) is 57.8 Å². The predicted octanol–water partition coefficient (Wildman–Crippen LogP) is 14.7. The fourth-order valence-electron chi connectivity index (χ4n) is 15.0. The number of fused-ring (bicyclic) bond motifs is 6. The molecule has 500 valence electrons. The van der Waals surface area contributed by atoms with Gasteiger partial charge in [-0.05, 0) is 185 Å². The van der Waals surface area contributed by atoms with Crippen molar-refractivity contribution in [1.29, 1.82) is 5.26 Å². The average molecular weight is 1380 g/mol. The van der Waals surface area contributed by atoms with Gasteiger partial charge in [-0.2, -0.15) is 10.1 Å². The van der Waals surface area contributed by atoms with Gasteiger partial charge in [0.15, 0.2) is 18.9 Å². The number of rotatable bonds is 21. The molecule has 2 amide bonds. The number of anilines is 4. The molecule has 0 spiro atoms. The van der Waals surface area contributed by atoms with Gasteiger partial charge >= 0.3 is 5.82 Å². The number of aromatic nitrogens is 3. The highest BCUT2D eigenvalue weighted by atomic mass is 32.2. The standard InChI is InChI=1S/C85H74N9O4S3/c1-3-91-83(97)80(101-85(91)99)84-92(82(96)79(100-84)55-62-32-38-78-74(54-62)71-22-14-24-76(71)94(78)69-35-29-60(30-36-69)52-72(65-17-9-5-10-18-65)66-19-11-6-12-20-66)49-50-98-88-57(2)90-46-41-64(42-47-90)63-39-44-89(45-40-63)48-43-87-81(95)67(56-86)51-61-31-37-77-73(53-61)70-21-13-23-75(70)93(77)68-33-27-59(28-34-68)26-25-58-15-7-4-8-16-58/h4-12,15-20,25-42,44-47,51-55,70-71,75-76,88H,2-3,13-14,21-24,43,48-50H2,1H3/q+1/p+1/b26-25+,67-51?,79-55+,84-80+. The minimum absolute atomic E-state index is 0.0674. The number of pyridine rings is 2. The first-order valence-electron chi connectivity index (χ1n) is 34.6. The van der Waals surface area contributed by atoms with Gasteiger partial charge in [0.2, 0.25) is 0 Å². The zero-order chi connectivity index (χ0) is 68.9. The third-order valence-corrected chi connectivity index (χ3v) is 22.7. The summed E-state index contributed by atoms with van der Waals surface area (Å²) in [4.78, 5) is 54.9. The number of hydrogen-bond acceptors (Lipinski definition) is 11. The van der Waals surface area contributed by atoms with E-state index in [1.54, 1.807) is 20.1 Å². The van der Waals surface area contributed by atoms with E-state index in [4.69, 9.17) is 17.1 Å². The Labute approximate surface area is 601 Å². The summed E-state index contributed by atoms with van der Waals surface area (Å²) in [5, 5.41) is 13.1. The topological polar surface area (TPSA) is 131 Å². The second kappa shape index (κ2) is 29.6. The van der Waals surface area contributed by atoms with Gasteiger partial charge in [-0.3, -0.25) is 23.9 Å². The minimum Gasteiger partial charge on any atom is -0.345 e. The Morgan fingerprint density at radius 1 is 0.663 bits per heavy atom. The quantitative estimate of drug-likeness (QED) is 0.0136. The Balaban J connectivity index is 0.565. The first-order chi connectivity index (χ1) is 49.5. The molecule has 4 atom stereocenters. The van der Waals surface area contributed by atoms with Crippen LogP contribution in [0.2, 0.25) is 0 Å². The summed E-state index contributed by atoms with van der Waals surface area (Å²) in [5.41, 5.74) is 20.8. The molecule has 0 radical (unpaired) electrons. The van der Waals surface area contributed by atoms with Gasteiger partial charge in [0, 0.05) is 65.3 Å². The summed E-state index contributed by atoms with van der Waals surface area (Å²) in [5.74, 6) is 0.607.